The summed E-state index contributed by atoms with van der Waals surface area (Å²) in [7, 11) is 0. The molecule has 1 aromatic carbocycles. The fraction of sp³-hybridized carbons (Fsp3) is 0.500. The molecule has 4 rings (SSSR count). The molecular formula is C22H28N2OS. The summed E-state index contributed by atoms with van der Waals surface area (Å²) in [6, 6.07) is 14.0. The number of hydrogen-bond donors (Lipinski definition) is 1. The van der Waals surface area contributed by atoms with Gasteiger partial charge in [-0.3, -0.25) is 9.69 Å². The van der Waals surface area contributed by atoms with E-state index in [1.165, 1.54) is 29.0 Å². The first-order chi connectivity index (χ1) is 12.8. The van der Waals surface area contributed by atoms with Gasteiger partial charge in [0, 0.05) is 29.9 Å². The number of fused-ring (bicyclic) bond motifs is 1. The van der Waals surface area contributed by atoms with Crippen LogP contribution in [0.3, 0.4) is 0 Å². The quantitative estimate of drug-likeness (QED) is 0.841. The molecule has 4 heteroatoms. The Morgan fingerprint density at radius 2 is 1.96 bits per heavy atom. The van der Waals surface area contributed by atoms with Crippen molar-refractivity contribution in [2.75, 3.05) is 13.1 Å². The zero-order chi connectivity index (χ0) is 17.8. The number of amides is 1. The molecule has 2 heterocycles. The van der Waals surface area contributed by atoms with Gasteiger partial charge in [-0.1, -0.05) is 30.3 Å². The molecule has 26 heavy (non-hydrogen) atoms. The molecule has 1 saturated heterocycles. The molecule has 0 saturated carbocycles. The Balaban J connectivity index is 1.23. The molecule has 1 amide bonds. The molecule has 1 aromatic heterocycles. The van der Waals surface area contributed by atoms with Gasteiger partial charge in [0.2, 0.25) is 5.91 Å². The first-order valence-corrected chi connectivity index (χ1v) is 10.8. The smallest absolute Gasteiger partial charge is 0.220 e. The summed E-state index contributed by atoms with van der Waals surface area (Å²) in [5.74, 6) is 0.225. The van der Waals surface area contributed by atoms with E-state index < -0.39 is 0 Å². The number of nitrogens with zero attached hydrogens (tertiary/aromatic N) is 1. The van der Waals surface area contributed by atoms with Crippen LogP contribution in [-0.4, -0.2) is 36.0 Å². The van der Waals surface area contributed by atoms with Gasteiger partial charge in [-0.05, 0) is 67.6 Å². The highest BCUT2D eigenvalue weighted by atomic mass is 32.1. The molecule has 3 nitrogen and oxygen atoms in total. The molecule has 1 aliphatic heterocycles. The van der Waals surface area contributed by atoms with Gasteiger partial charge in [0.15, 0.2) is 0 Å². The topological polar surface area (TPSA) is 32.3 Å². The van der Waals surface area contributed by atoms with Crippen LogP contribution in [0.1, 0.15) is 41.7 Å². The number of likely N-dealkylation sites (tertiary alicyclic amines) is 1. The minimum Gasteiger partial charge on any atom is -0.352 e. The number of piperidine rings is 1. The maximum Gasteiger partial charge on any atom is 0.220 e. The van der Waals surface area contributed by atoms with Crippen LogP contribution < -0.4 is 5.32 Å². The average Bonchev–Trinajstić information content (AvgIpc) is 3.31. The molecule has 0 bridgehead atoms. The van der Waals surface area contributed by atoms with Crippen LogP contribution in [0, 0.1) is 0 Å². The third kappa shape index (κ3) is 4.36. The lowest BCUT2D eigenvalue weighted by molar-refractivity contribution is -0.122. The maximum atomic E-state index is 12.3. The molecule has 1 fully saturated rings. The summed E-state index contributed by atoms with van der Waals surface area (Å²) < 4.78 is 0. The third-order valence-electron chi connectivity index (χ3n) is 5.77. The Morgan fingerprint density at radius 3 is 2.69 bits per heavy atom. The van der Waals surface area contributed by atoms with Gasteiger partial charge < -0.3 is 5.32 Å². The van der Waals surface area contributed by atoms with E-state index in [9.17, 15) is 4.79 Å². The lowest BCUT2D eigenvalue weighted by atomic mass is 10.0. The minimum absolute atomic E-state index is 0.225. The highest BCUT2D eigenvalue weighted by Crippen LogP contribution is 2.27. The van der Waals surface area contributed by atoms with Gasteiger partial charge in [0.1, 0.15) is 0 Å². The predicted octanol–water partition coefficient (Wildman–Crippen LogP) is 3.82. The molecule has 138 valence electrons. The van der Waals surface area contributed by atoms with E-state index in [0.717, 1.165) is 38.6 Å². The summed E-state index contributed by atoms with van der Waals surface area (Å²) in [5.41, 5.74) is 3.02. The summed E-state index contributed by atoms with van der Waals surface area (Å²) in [6.45, 7) is 2.18. The molecule has 2 aromatic rings. The van der Waals surface area contributed by atoms with Crippen LogP contribution in [-0.2, 0) is 24.1 Å². The SMILES string of the molecule is O=C(CCCc1cccs1)NC1CCCN(C2Cc3ccccc3C2)C1. The second-order valence-corrected chi connectivity index (χ2v) is 8.70. The number of carbonyl (C=O) groups is 1. The third-order valence-corrected chi connectivity index (χ3v) is 6.71. The highest BCUT2D eigenvalue weighted by Gasteiger charge is 2.30. The molecule has 1 N–H and O–H groups in total. The summed E-state index contributed by atoms with van der Waals surface area (Å²) in [6.07, 6.45) is 7.24. The van der Waals surface area contributed by atoms with Gasteiger partial charge in [-0.25, -0.2) is 0 Å². The van der Waals surface area contributed by atoms with E-state index in [0.29, 0.717) is 18.5 Å². The van der Waals surface area contributed by atoms with E-state index >= 15 is 0 Å². The van der Waals surface area contributed by atoms with Crippen LogP contribution in [0.25, 0.3) is 0 Å². The Hall–Kier alpha value is -1.65. The van der Waals surface area contributed by atoms with Gasteiger partial charge in [-0.2, -0.15) is 0 Å². The van der Waals surface area contributed by atoms with Crippen molar-refractivity contribution < 1.29 is 4.79 Å². The van der Waals surface area contributed by atoms with Crippen LogP contribution in [0.4, 0.5) is 0 Å². The fourth-order valence-corrected chi connectivity index (χ4v) is 5.18. The van der Waals surface area contributed by atoms with Crippen molar-refractivity contribution in [3.8, 4) is 0 Å². The number of thiophene rings is 1. The minimum atomic E-state index is 0.225. The average molecular weight is 369 g/mol. The zero-order valence-corrected chi connectivity index (χ0v) is 16.1. The van der Waals surface area contributed by atoms with Crippen LogP contribution in [0.2, 0.25) is 0 Å². The van der Waals surface area contributed by atoms with E-state index in [1.807, 2.05) is 0 Å². The van der Waals surface area contributed by atoms with E-state index in [4.69, 9.17) is 0 Å². The molecular weight excluding hydrogens is 340 g/mol. The van der Waals surface area contributed by atoms with E-state index in [2.05, 4.69) is 52.0 Å². The Kier molecular flexibility index (Phi) is 5.71. The molecule has 1 atom stereocenters. The Bertz CT molecular complexity index is 703. The first-order valence-electron chi connectivity index (χ1n) is 9.90. The number of hydrogen-bond acceptors (Lipinski definition) is 3. The van der Waals surface area contributed by atoms with Crippen molar-refractivity contribution in [3.63, 3.8) is 0 Å². The number of carbonyl (C=O) groups excluding carboxylic acids is 1. The first kappa shape index (κ1) is 17.7. The fourth-order valence-electron chi connectivity index (χ4n) is 4.43. The van der Waals surface area contributed by atoms with Gasteiger partial charge in [0.05, 0.1) is 0 Å². The lowest BCUT2D eigenvalue weighted by Gasteiger charge is -2.37. The van der Waals surface area contributed by atoms with Crippen molar-refractivity contribution in [2.24, 2.45) is 0 Å². The summed E-state index contributed by atoms with van der Waals surface area (Å²) in [5, 5.41) is 5.40. The molecule has 1 aliphatic carbocycles. The molecule has 2 aliphatic rings. The maximum absolute atomic E-state index is 12.3. The number of aryl methyl sites for hydroxylation is 1. The van der Waals surface area contributed by atoms with Crippen molar-refractivity contribution in [2.45, 2.75) is 57.0 Å². The second-order valence-electron chi connectivity index (χ2n) is 7.67. The molecule has 1 unspecified atom stereocenters. The largest absolute Gasteiger partial charge is 0.352 e. The lowest BCUT2D eigenvalue weighted by Crippen LogP contribution is -2.51. The van der Waals surface area contributed by atoms with Crippen molar-refractivity contribution in [1.29, 1.82) is 0 Å². The number of nitrogens with one attached hydrogen (secondary N) is 1. The Labute approximate surface area is 160 Å². The zero-order valence-electron chi connectivity index (χ0n) is 15.3. The van der Waals surface area contributed by atoms with Crippen LogP contribution >= 0.6 is 11.3 Å². The normalized spacial score (nSPS) is 20.8. The van der Waals surface area contributed by atoms with Crippen molar-refractivity contribution >= 4 is 17.2 Å². The van der Waals surface area contributed by atoms with E-state index in [-0.39, 0.29) is 5.91 Å². The monoisotopic (exact) mass is 368 g/mol. The molecule has 0 spiro atoms. The summed E-state index contributed by atoms with van der Waals surface area (Å²) in [4.78, 5) is 16.3. The second kappa shape index (κ2) is 8.36. The van der Waals surface area contributed by atoms with Gasteiger partial charge >= 0.3 is 0 Å². The van der Waals surface area contributed by atoms with Crippen molar-refractivity contribution in [1.82, 2.24) is 10.2 Å². The number of benzene rings is 1. The predicted molar refractivity (Wildman–Crippen MR) is 108 cm³/mol. The van der Waals surface area contributed by atoms with Crippen LogP contribution in [0.5, 0.6) is 0 Å². The van der Waals surface area contributed by atoms with Gasteiger partial charge in [0.25, 0.3) is 0 Å². The standard InChI is InChI=1S/C22H28N2OS/c25-22(11-3-9-21-10-5-13-26-21)23-19-8-4-12-24(16-19)20-14-17-6-1-2-7-18(17)15-20/h1-2,5-7,10,13,19-20H,3-4,8-9,11-12,14-16H2,(H,23,25). The molecule has 0 radical (unpaired) electrons. The van der Waals surface area contributed by atoms with Crippen LogP contribution in [0.15, 0.2) is 41.8 Å². The van der Waals surface area contributed by atoms with Crippen molar-refractivity contribution in [3.05, 3.63) is 57.8 Å². The summed E-state index contributed by atoms with van der Waals surface area (Å²) >= 11 is 1.78. The Morgan fingerprint density at radius 1 is 1.15 bits per heavy atom. The van der Waals surface area contributed by atoms with E-state index in [1.54, 1.807) is 11.3 Å². The highest BCUT2D eigenvalue weighted by molar-refractivity contribution is 7.09. The number of rotatable bonds is 6. The van der Waals surface area contributed by atoms with Gasteiger partial charge in [-0.15, -0.1) is 11.3 Å².